The minimum absolute atomic E-state index is 0.166. The largest absolute Gasteiger partial charge is 0.369 e. The highest BCUT2D eigenvalue weighted by Crippen LogP contribution is 2.42. The van der Waals surface area contributed by atoms with Crippen LogP contribution >= 0.6 is 15.9 Å². The van der Waals surface area contributed by atoms with Crippen molar-refractivity contribution in [2.45, 2.75) is 38.6 Å². The highest BCUT2D eigenvalue weighted by atomic mass is 79.9. The van der Waals surface area contributed by atoms with E-state index < -0.39 is 0 Å². The Morgan fingerprint density at radius 1 is 1.24 bits per heavy atom. The van der Waals surface area contributed by atoms with Crippen LogP contribution in [0.4, 0.5) is 5.69 Å². The van der Waals surface area contributed by atoms with E-state index in [0.717, 1.165) is 22.0 Å². The Morgan fingerprint density at radius 2 is 1.92 bits per heavy atom. The summed E-state index contributed by atoms with van der Waals surface area (Å²) in [6.07, 6.45) is 3.11. The molecule has 0 radical (unpaired) electrons. The van der Waals surface area contributed by atoms with Gasteiger partial charge in [-0.2, -0.15) is 5.26 Å². The van der Waals surface area contributed by atoms with Crippen LogP contribution < -0.4 is 4.90 Å². The fourth-order valence-corrected chi connectivity index (χ4v) is 3.93. The normalized spacial score (nSPS) is 19.3. The fourth-order valence-electron chi connectivity index (χ4n) is 3.66. The topological polar surface area (TPSA) is 27.0 Å². The molecule has 1 aliphatic heterocycles. The van der Waals surface area contributed by atoms with E-state index in [4.69, 9.17) is 0 Å². The number of allylic oxidation sites excluding steroid dienone is 1. The molecule has 1 aliphatic rings. The van der Waals surface area contributed by atoms with Gasteiger partial charge in [-0.1, -0.05) is 41.1 Å². The van der Waals surface area contributed by atoms with Crippen LogP contribution in [0.1, 0.15) is 49.8 Å². The second-order valence-corrected chi connectivity index (χ2v) is 8.39. The van der Waals surface area contributed by atoms with Crippen LogP contribution in [0.5, 0.6) is 0 Å². The molecular formula is C22H23BrN2. The number of halogens is 1. The molecule has 0 saturated carbocycles. The molecule has 0 amide bonds. The van der Waals surface area contributed by atoms with E-state index in [1.54, 1.807) is 0 Å². The first-order valence-electron chi connectivity index (χ1n) is 8.57. The lowest BCUT2D eigenvalue weighted by Crippen LogP contribution is -2.45. The number of fused-ring (bicyclic) bond motifs is 1. The summed E-state index contributed by atoms with van der Waals surface area (Å²) in [5, 5.41) is 9.57. The quantitative estimate of drug-likeness (QED) is 0.445. The predicted molar refractivity (Wildman–Crippen MR) is 110 cm³/mol. The van der Waals surface area contributed by atoms with Gasteiger partial charge in [0, 0.05) is 22.7 Å². The summed E-state index contributed by atoms with van der Waals surface area (Å²) in [7, 11) is 2.17. The van der Waals surface area contributed by atoms with E-state index in [1.807, 2.05) is 30.3 Å². The lowest BCUT2D eigenvalue weighted by Gasteiger charge is -2.45. The molecular weight excluding hydrogens is 372 g/mol. The molecule has 0 spiro atoms. The van der Waals surface area contributed by atoms with Crippen molar-refractivity contribution in [2.24, 2.45) is 0 Å². The van der Waals surface area contributed by atoms with E-state index in [0.29, 0.717) is 11.5 Å². The standard InChI is InChI=1S/C22H23BrN2/c1-15-13-22(2,3)25(4)21-10-5-16(12-20(15)21)11-18(14-24)17-6-8-19(23)9-7-17/h5-12,15H,13H2,1-4H3/b18-11-/t15-/m1/s1. The van der Waals surface area contributed by atoms with Gasteiger partial charge in [-0.05, 0) is 73.2 Å². The molecule has 2 aromatic carbocycles. The molecule has 3 rings (SSSR count). The van der Waals surface area contributed by atoms with Crippen molar-refractivity contribution < 1.29 is 0 Å². The van der Waals surface area contributed by atoms with Gasteiger partial charge < -0.3 is 4.90 Å². The highest BCUT2D eigenvalue weighted by molar-refractivity contribution is 9.10. The Kier molecular flexibility index (Phi) is 4.75. The molecule has 0 fully saturated rings. The summed E-state index contributed by atoms with van der Waals surface area (Å²) >= 11 is 3.44. The van der Waals surface area contributed by atoms with Crippen LogP contribution in [0.2, 0.25) is 0 Å². The fraction of sp³-hybridized carbons (Fsp3) is 0.318. The summed E-state index contributed by atoms with van der Waals surface area (Å²) in [6, 6.07) is 16.7. The first-order chi connectivity index (χ1) is 11.8. The zero-order valence-electron chi connectivity index (χ0n) is 15.2. The van der Waals surface area contributed by atoms with Crippen molar-refractivity contribution >= 4 is 33.3 Å². The monoisotopic (exact) mass is 394 g/mol. The molecule has 1 heterocycles. The van der Waals surface area contributed by atoms with Crippen LogP contribution in [-0.4, -0.2) is 12.6 Å². The average Bonchev–Trinajstić information content (AvgIpc) is 2.58. The zero-order chi connectivity index (χ0) is 18.2. The third kappa shape index (κ3) is 3.50. The molecule has 0 saturated heterocycles. The number of hydrogen-bond acceptors (Lipinski definition) is 2. The van der Waals surface area contributed by atoms with Gasteiger partial charge in [0.05, 0.1) is 11.6 Å². The van der Waals surface area contributed by atoms with Crippen LogP contribution in [-0.2, 0) is 0 Å². The molecule has 0 aliphatic carbocycles. The van der Waals surface area contributed by atoms with Crippen molar-refractivity contribution in [1.29, 1.82) is 5.26 Å². The van der Waals surface area contributed by atoms with Gasteiger partial charge in [-0.25, -0.2) is 0 Å². The average molecular weight is 395 g/mol. The van der Waals surface area contributed by atoms with Crippen LogP contribution in [0.25, 0.3) is 11.6 Å². The molecule has 3 heteroatoms. The Bertz CT molecular complexity index is 857. The number of hydrogen-bond donors (Lipinski definition) is 0. The third-order valence-corrected chi connectivity index (χ3v) is 5.77. The summed E-state index contributed by atoms with van der Waals surface area (Å²) in [4.78, 5) is 2.37. The van der Waals surface area contributed by atoms with Crippen molar-refractivity contribution in [3.8, 4) is 6.07 Å². The molecule has 128 valence electrons. The summed E-state index contributed by atoms with van der Waals surface area (Å²) < 4.78 is 1.02. The number of nitriles is 1. The number of nitrogens with zero attached hydrogens (tertiary/aromatic N) is 2. The third-order valence-electron chi connectivity index (χ3n) is 5.24. The first-order valence-corrected chi connectivity index (χ1v) is 9.36. The van der Waals surface area contributed by atoms with Gasteiger partial charge in [-0.3, -0.25) is 0 Å². The van der Waals surface area contributed by atoms with E-state index in [9.17, 15) is 5.26 Å². The van der Waals surface area contributed by atoms with Crippen LogP contribution in [0.15, 0.2) is 46.9 Å². The summed E-state index contributed by atoms with van der Waals surface area (Å²) in [6.45, 7) is 6.88. The van der Waals surface area contributed by atoms with Crippen LogP contribution in [0, 0.1) is 11.3 Å². The minimum Gasteiger partial charge on any atom is -0.369 e. The van der Waals surface area contributed by atoms with Gasteiger partial charge in [0.15, 0.2) is 0 Å². The van der Waals surface area contributed by atoms with Crippen molar-refractivity contribution in [2.75, 3.05) is 11.9 Å². The Labute approximate surface area is 158 Å². The number of benzene rings is 2. The van der Waals surface area contributed by atoms with E-state index >= 15 is 0 Å². The first kappa shape index (κ1) is 17.8. The lowest BCUT2D eigenvalue weighted by atomic mass is 9.80. The van der Waals surface area contributed by atoms with Gasteiger partial charge in [-0.15, -0.1) is 0 Å². The highest BCUT2D eigenvalue weighted by Gasteiger charge is 2.33. The van der Waals surface area contributed by atoms with Crippen LogP contribution in [0.3, 0.4) is 0 Å². The SMILES string of the molecule is C[C@@H]1CC(C)(C)N(C)c2ccc(/C=C(/C#N)c3ccc(Br)cc3)cc21. The van der Waals surface area contributed by atoms with Crippen molar-refractivity contribution in [3.05, 3.63) is 63.6 Å². The molecule has 0 aromatic heterocycles. The number of rotatable bonds is 2. The summed E-state index contributed by atoms with van der Waals surface area (Å²) in [5.74, 6) is 0.507. The molecule has 2 nitrogen and oxygen atoms in total. The second kappa shape index (κ2) is 6.69. The Balaban J connectivity index is 2.01. The molecule has 0 bridgehead atoms. The molecule has 25 heavy (non-hydrogen) atoms. The van der Waals surface area contributed by atoms with Gasteiger partial charge in [0.1, 0.15) is 0 Å². The number of anilines is 1. The molecule has 0 N–H and O–H groups in total. The smallest absolute Gasteiger partial charge is 0.0998 e. The zero-order valence-corrected chi connectivity index (χ0v) is 16.8. The second-order valence-electron chi connectivity index (χ2n) is 7.47. The van der Waals surface area contributed by atoms with E-state index in [-0.39, 0.29) is 5.54 Å². The maximum Gasteiger partial charge on any atom is 0.0998 e. The maximum absolute atomic E-state index is 9.57. The van der Waals surface area contributed by atoms with Crippen molar-refractivity contribution in [3.63, 3.8) is 0 Å². The van der Waals surface area contributed by atoms with Gasteiger partial charge in [0.25, 0.3) is 0 Å². The minimum atomic E-state index is 0.166. The lowest BCUT2D eigenvalue weighted by molar-refractivity contribution is 0.395. The predicted octanol–water partition coefficient (Wildman–Crippen LogP) is 6.24. The van der Waals surface area contributed by atoms with Gasteiger partial charge in [0.2, 0.25) is 0 Å². The van der Waals surface area contributed by atoms with E-state index in [2.05, 4.69) is 72.9 Å². The summed E-state index contributed by atoms with van der Waals surface area (Å²) in [5.41, 5.74) is 5.53. The van der Waals surface area contributed by atoms with E-state index in [1.165, 1.54) is 11.3 Å². The molecule has 1 atom stereocenters. The van der Waals surface area contributed by atoms with Crippen molar-refractivity contribution in [1.82, 2.24) is 0 Å². The Hall–Kier alpha value is -2.05. The Morgan fingerprint density at radius 3 is 2.56 bits per heavy atom. The molecule has 0 unspecified atom stereocenters. The van der Waals surface area contributed by atoms with Gasteiger partial charge >= 0.3 is 0 Å². The maximum atomic E-state index is 9.57. The molecule has 2 aromatic rings.